The van der Waals surface area contributed by atoms with Crippen molar-refractivity contribution >= 4 is 21.7 Å². The zero-order chi connectivity index (χ0) is 13.7. The summed E-state index contributed by atoms with van der Waals surface area (Å²) in [6.07, 6.45) is 0. The van der Waals surface area contributed by atoms with E-state index in [1.165, 1.54) is 6.07 Å². The average Bonchev–Trinajstić information content (AvgIpc) is 2.45. The van der Waals surface area contributed by atoms with Crippen molar-refractivity contribution in [3.8, 4) is 11.5 Å². The van der Waals surface area contributed by atoms with E-state index in [2.05, 4.69) is 15.9 Å². The van der Waals surface area contributed by atoms with Crippen LogP contribution in [-0.2, 0) is 6.61 Å². The summed E-state index contributed by atoms with van der Waals surface area (Å²) in [5.41, 5.74) is 1.34. The molecule has 0 radical (unpaired) electrons. The number of hydrogen-bond acceptors (Lipinski definition) is 3. The van der Waals surface area contributed by atoms with Crippen molar-refractivity contribution in [2.45, 2.75) is 6.61 Å². The van der Waals surface area contributed by atoms with Crippen molar-refractivity contribution in [2.24, 2.45) is 0 Å². The van der Waals surface area contributed by atoms with Crippen LogP contribution in [0.1, 0.15) is 15.9 Å². The Bertz CT molecular complexity index is 567. The van der Waals surface area contributed by atoms with Crippen molar-refractivity contribution in [3.05, 3.63) is 59.7 Å². The summed E-state index contributed by atoms with van der Waals surface area (Å²) >= 11 is 3.07. The van der Waals surface area contributed by atoms with Crippen LogP contribution in [0.2, 0.25) is 0 Å². The van der Waals surface area contributed by atoms with Gasteiger partial charge in [-0.1, -0.05) is 46.3 Å². The molecule has 0 aliphatic heterocycles. The molecule has 0 aromatic heterocycles. The largest absolute Gasteiger partial charge is 0.507 e. The zero-order valence-corrected chi connectivity index (χ0v) is 11.8. The number of benzene rings is 2. The summed E-state index contributed by atoms with van der Waals surface area (Å²) in [5, 5.41) is 9.95. The Hall–Kier alpha value is -1.81. The maximum Gasteiger partial charge on any atom is 0.177 e. The fourth-order valence-corrected chi connectivity index (χ4v) is 1.95. The molecule has 0 atom stereocenters. The molecule has 3 nitrogen and oxygen atoms in total. The Balaban J connectivity index is 2.06. The van der Waals surface area contributed by atoms with E-state index >= 15 is 0 Å². The van der Waals surface area contributed by atoms with E-state index in [0.717, 1.165) is 5.56 Å². The van der Waals surface area contributed by atoms with Crippen LogP contribution in [0, 0.1) is 0 Å². The van der Waals surface area contributed by atoms with E-state index in [4.69, 9.17) is 4.74 Å². The number of aromatic hydroxyl groups is 1. The van der Waals surface area contributed by atoms with Gasteiger partial charge in [-0.15, -0.1) is 0 Å². The molecule has 0 heterocycles. The number of phenols is 1. The third kappa shape index (κ3) is 3.58. The highest BCUT2D eigenvalue weighted by molar-refractivity contribution is 9.09. The van der Waals surface area contributed by atoms with Gasteiger partial charge in [0.1, 0.15) is 18.1 Å². The average molecular weight is 321 g/mol. The summed E-state index contributed by atoms with van der Waals surface area (Å²) in [7, 11) is 0. The summed E-state index contributed by atoms with van der Waals surface area (Å²) in [5.74, 6) is 0.314. The lowest BCUT2D eigenvalue weighted by atomic mass is 10.1. The molecule has 98 valence electrons. The normalized spacial score (nSPS) is 10.2. The molecular formula is C15H13BrO3. The summed E-state index contributed by atoms with van der Waals surface area (Å²) in [4.78, 5) is 11.5. The van der Waals surface area contributed by atoms with Crippen LogP contribution < -0.4 is 4.74 Å². The fraction of sp³-hybridized carbons (Fsp3) is 0.133. The highest BCUT2D eigenvalue weighted by atomic mass is 79.9. The van der Waals surface area contributed by atoms with Crippen molar-refractivity contribution in [1.82, 2.24) is 0 Å². The third-order valence-electron chi connectivity index (χ3n) is 2.64. The second-order valence-corrected chi connectivity index (χ2v) is 4.57. The molecular weight excluding hydrogens is 308 g/mol. The predicted molar refractivity (Wildman–Crippen MR) is 77.0 cm³/mol. The van der Waals surface area contributed by atoms with Crippen molar-refractivity contribution in [2.75, 3.05) is 5.33 Å². The number of rotatable bonds is 5. The molecule has 0 unspecified atom stereocenters. The summed E-state index contributed by atoms with van der Waals surface area (Å²) in [6, 6.07) is 14.4. The first-order valence-corrected chi connectivity index (χ1v) is 6.92. The molecule has 2 aromatic carbocycles. The Morgan fingerprint density at radius 3 is 2.53 bits per heavy atom. The molecule has 19 heavy (non-hydrogen) atoms. The summed E-state index contributed by atoms with van der Waals surface area (Å²) < 4.78 is 5.56. The quantitative estimate of drug-likeness (QED) is 0.677. The van der Waals surface area contributed by atoms with Crippen LogP contribution in [0.15, 0.2) is 48.5 Å². The van der Waals surface area contributed by atoms with Crippen LogP contribution in [0.5, 0.6) is 11.5 Å². The SMILES string of the molecule is O=C(CBr)c1ccc(OCc2ccccc2)cc1O. The Labute approximate surface area is 120 Å². The smallest absolute Gasteiger partial charge is 0.177 e. The monoisotopic (exact) mass is 320 g/mol. The maximum atomic E-state index is 11.5. The fourth-order valence-electron chi connectivity index (χ4n) is 1.65. The first kappa shape index (κ1) is 13.6. The van der Waals surface area contributed by atoms with Gasteiger partial charge >= 0.3 is 0 Å². The number of carbonyl (C=O) groups excluding carboxylic acids is 1. The summed E-state index contributed by atoms with van der Waals surface area (Å²) in [6.45, 7) is 0.423. The molecule has 2 aromatic rings. The Morgan fingerprint density at radius 1 is 1.16 bits per heavy atom. The van der Waals surface area contributed by atoms with Crippen LogP contribution >= 0.6 is 15.9 Å². The number of halogens is 1. The first-order chi connectivity index (χ1) is 9.20. The molecule has 2 rings (SSSR count). The van der Waals surface area contributed by atoms with E-state index < -0.39 is 0 Å². The van der Waals surface area contributed by atoms with Gasteiger partial charge in [-0.25, -0.2) is 0 Å². The molecule has 0 bridgehead atoms. The maximum absolute atomic E-state index is 11.5. The molecule has 0 aliphatic carbocycles. The Kier molecular flexibility index (Phi) is 4.58. The molecule has 1 N–H and O–H groups in total. The van der Waals surface area contributed by atoms with Gasteiger partial charge in [-0.3, -0.25) is 4.79 Å². The number of phenolic OH excluding ortho intramolecular Hbond substituents is 1. The molecule has 0 amide bonds. The minimum absolute atomic E-state index is 0.0602. The van der Waals surface area contributed by atoms with Gasteiger partial charge in [0.15, 0.2) is 5.78 Å². The molecule has 0 aliphatic rings. The lowest BCUT2D eigenvalue weighted by molar-refractivity contribution is 0.102. The van der Waals surface area contributed by atoms with E-state index in [9.17, 15) is 9.90 Å². The van der Waals surface area contributed by atoms with Gasteiger partial charge in [0.2, 0.25) is 0 Å². The van der Waals surface area contributed by atoms with E-state index in [1.54, 1.807) is 12.1 Å². The topological polar surface area (TPSA) is 46.5 Å². The molecule has 4 heteroatoms. The lowest BCUT2D eigenvalue weighted by Gasteiger charge is -2.08. The predicted octanol–water partition coefficient (Wildman–Crippen LogP) is 3.55. The highest BCUT2D eigenvalue weighted by Gasteiger charge is 2.10. The van der Waals surface area contributed by atoms with Gasteiger partial charge in [0.25, 0.3) is 0 Å². The van der Waals surface area contributed by atoms with Crippen LogP contribution in [0.4, 0.5) is 0 Å². The number of ketones is 1. The van der Waals surface area contributed by atoms with Gasteiger partial charge in [0.05, 0.1) is 10.9 Å². The van der Waals surface area contributed by atoms with E-state index in [-0.39, 0.29) is 16.9 Å². The molecule has 0 fully saturated rings. The van der Waals surface area contributed by atoms with Crippen molar-refractivity contribution < 1.29 is 14.6 Å². The number of ether oxygens (including phenoxy) is 1. The van der Waals surface area contributed by atoms with Gasteiger partial charge in [0, 0.05) is 6.07 Å². The molecule has 0 spiro atoms. The standard InChI is InChI=1S/C15H13BrO3/c16-9-15(18)13-7-6-12(8-14(13)17)19-10-11-4-2-1-3-5-11/h1-8,17H,9-10H2. The van der Waals surface area contributed by atoms with Crippen LogP contribution in [-0.4, -0.2) is 16.2 Å². The second-order valence-electron chi connectivity index (χ2n) is 4.01. The van der Waals surface area contributed by atoms with Gasteiger partial charge in [-0.05, 0) is 17.7 Å². The van der Waals surface area contributed by atoms with E-state index in [0.29, 0.717) is 17.9 Å². The van der Waals surface area contributed by atoms with Gasteiger partial charge in [-0.2, -0.15) is 0 Å². The van der Waals surface area contributed by atoms with Gasteiger partial charge < -0.3 is 9.84 Å². The number of carbonyl (C=O) groups is 1. The lowest BCUT2D eigenvalue weighted by Crippen LogP contribution is -2.01. The molecule has 0 saturated heterocycles. The van der Waals surface area contributed by atoms with Crippen molar-refractivity contribution in [3.63, 3.8) is 0 Å². The van der Waals surface area contributed by atoms with Crippen molar-refractivity contribution in [1.29, 1.82) is 0 Å². The number of hydrogen-bond donors (Lipinski definition) is 1. The third-order valence-corrected chi connectivity index (χ3v) is 3.15. The minimum atomic E-state index is -0.160. The number of Topliss-reactive ketones (excluding diaryl/α,β-unsaturated/α-hetero) is 1. The van der Waals surface area contributed by atoms with Crippen LogP contribution in [0.3, 0.4) is 0 Å². The minimum Gasteiger partial charge on any atom is -0.507 e. The molecule has 0 saturated carbocycles. The van der Waals surface area contributed by atoms with Crippen LogP contribution in [0.25, 0.3) is 0 Å². The zero-order valence-electron chi connectivity index (χ0n) is 10.2. The van der Waals surface area contributed by atoms with E-state index in [1.807, 2.05) is 30.3 Å². The Morgan fingerprint density at radius 2 is 1.89 bits per heavy atom. The second kappa shape index (κ2) is 6.38. The first-order valence-electron chi connectivity index (χ1n) is 5.79. The number of alkyl halides is 1. The highest BCUT2D eigenvalue weighted by Crippen LogP contribution is 2.25.